The molecule has 2 N–H and O–H groups in total. The van der Waals surface area contributed by atoms with Crippen molar-refractivity contribution in [1.29, 1.82) is 0 Å². The lowest BCUT2D eigenvalue weighted by atomic mass is 9.82. The molecule has 20 heavy (non-hydrogen) atoms. The molecule has 0 aromatic heterocycles. The van der Waals surface area contributed by atoms with E-state index in [9.17, 15) is 0 Å². The lowest BCUT2D eigenvalue weighted by Gasteiger charge is -2.38. The number of nitrogens with two attached hydrogens (primary N) is 1. The molecule has 2 rings (SSSR count). The number of rotatable bonds is 3. The van der Waals surface area contributed by atoms with E-state index in [1.165, 1.54) is 5.56 Å². The summed E-state index contributed by atoms with van der Waals surface area (Å²) in [6, 6.07) is 11.1. The van der Waals surface area contributed by atoms with Crippen LogP contribution in [0.1, 0.15) is 45.7 Å². The summed E-state index contributed by atoms with van der Waals surface area (Å²) in [7, 11) is 0. The molecular formula is C18H28N2. The number of nitrogens with zero attached hydrogens (tertiary/aromatic N) is 1. The van der Waals surface area contributed by atoms with Gasteiger partial charge in [-0.15, -0.1) is 0 Å². The molecule has 1 aliphatic heterocycles. The van der Waals surface area contributed by atoms with Crippen LogP contribution < -0.4 is 5.73 Å². The van der Waals surface area contributed by atoms with Crippen molar-refractivity contribution in [1.82, 2.24) is 4.90 Å². The number of benzene rings is 1. The first kappa shape index (κ1) is 15.3. The van der Waals surface area contributed by atoms with Crippen LogP contribution in [0.4, 0.5) is 0 Å². The van der Waals surface area contributed by atoms with Crippen molar-refractivity contribution in [2.75, 3.05) is 13.1 Å². The molecule has 110 valence electrons. The summed E-state index contributed by atoms with van der Waals surface area (Å²) in [5.74, 6) is 0. The topological polar surface area (TPSA) is 29.3 Å². The third-order valence-electron chi connectivity index (χ3n) is 4.24. The van der Waals surface area contributed by atoms with Crippen molar-refractivity contribution in [3.05, 3.63) is 47.5 Å². The quantitative estimate of drug-likeness (QED) is 0.849. The Hall–Kier alpha value is -1.12. The average molecular weight is 272 g/mol. The minimum atomic E-state index is 0.141. The zero-order valence-corrected chi connectivity index (χ0v) is 13.3. The van der Waals surface area contributed by atoms with Crippen LogP contribution in [0.2, 0.25) is 0 Å². The Kier molecular flexibility index (Phi) is 4.66. The Morgan fingerprint density at radius 3 is 2.25 bits per heavy atom. The van der Waals surface area contributed by atoms with Crippen LogP contribution in [0.25, 0.3) is 0 Å². The highest BCUT2D eigenvalue weighted by Crippen LogP contribution is 2.33. The summed E-state index contributed by atoms with van der Waals surface area (Å²) in [6.07, 6.45) is 3.56. The molecule has 0 saturated heterocycles. The molecular weight excluding hydrogens is 244 g/mol. The van der Waals surface area contributed by atoms with Crippen LogP contribution in [-0.2, 0) is 0 Å². The predicted molar refractivity (Wildman–Crippen MR) is 86.6 cm³/mol. The van der Waals surface area contributed by atoms with E-state index in [2.05, 4.69) is 69.0 Å². The maximum atomic E-state index is 6.26. The minimum absolute atomic E-state index is 0.141. The van der Waals surface area contributed by atoms with Gasteiger partial charge in [0.2, 0.25) is 0 Å². The van der Waals surface area contributed by atoms with Gasteiger partial charge >= 0.3 is 0 Å². The third kappa shape index (κ3) is 3.50. The predicted octanol–water partition coefficient (Wildman–Crippen LogP) is 3.75. The molecule has 2 heteroatoms. The summed E-state index contributed by atoms with van der Waals surface area (Å²) in [5.41, 5.74) is 9.46. The Balaban J connectivity index is 2.16. The van der Waals surface area contributed by atoms with Crippen LogP contribution in [0, 0.1) is 5.41 Å². The van der Waals surface area contributed by atoms with Crippen molar-refractivity contribution < 1.29 is 0 Å². The molecule has 0 radical (unpaired) electrons. The van der Waals surface area contributed by atoms with Gasteiger partial charge in [-0.3, -0.25) is 4.90 Å². The van der Waals surface area contributed by atoms with E-state index in [4.69, 9.17) is 5.73 Å². The lowest BCUT2D eigenvalue weighted by molar-refractivity contribution is 0.184. The monoisotopic (exact) mass is 272 g/mol. The first-order valence-electron chi connectivity index (χ1n) is 7.63. The maximum Gasteiger partial charge on any atom is 0.0499 e. The molecule has 0 spiro atoms. The fraction of sp³-hybridized carbons (Fsp3) is 0.556. The highest BCUT2D eigenvalue weighted by atomic mass is 15.2. The summed E-state index contributed by atoms with van der Waals surface area (Å²) >= 11 is 0. The molecule has 1 aromatic rings. The molecule has 0 amide bonds. The highest BCUT2D eigenvalue weighted by molar-refractivity contribution is 5.22. The Morgan fingerprint density at radius 2 is 1.80 bits per heavy atom. The van der Waals surface area contributed by atoms with E-state index in [1.54, 1.807) is 5.57 Å². The van der Waals surface area contributed by atoms with E-state index in [0.717, 1.165) is 19.5 Å². The van der Waals surface area contributed by atoms with Crippen molar-refractivity contribution in [3.63, 3.8) is 0 Å². The average Bonchev–Trinajstić information content (AvgIpc) is 2.39. The van der Waals surface area contributed by atoms with Gasteiger partial charge in [-0.25, -0.2) is 0 Å². The van der Waals surface area contributed by atoms with E-state index in [1.807, 2.05) is 0 Å². The zero-order chi connectivity index (χ0) is 14.8. The van der Waals surface area contributed by atoms with Crippen LogP contribution in [0.5, 0.6) is 0 Å². The molecule has 1 aromatic carbocycles. The zero-order valence-electron chi connectivity index (χ0n) is 13.3. The fourth-order valence-corrected chi connectivity index (χ4v) is 3.12. The second-order valence-electron chi connectivity index (χ2n) is 6.94. The Morgan fingerprint density at radius 1 is 1.15 bits per heavy atom. The van der Waals surface area contributed by atoms with Crippen molar-refractivity contribution in [3.8, 4) is 0 Å². The van der Waals surface area contributed by atoms with Gasteiger partial charge in [-0.2, -0.15) is 0 Å². The Labute approximate surface area is 123 Å². The molecule has 2 unspecified atom stereocenters. The van der Waals surface area contributed by atoms with E-state index >= 15 is 0 Å². The van der Waals surface area contributed by atoms with Crippen LogP contribution >= 0.6 is 0 Å². The van der Waals surface area contributed by atoms with E-state index in [-0.39, 0.29) is 6.04 Å². The number of hydrogen-bond donors (Lipinski definition) is 1. The lowest BCUT2D eigenvalue weighted by Crippen LogP contribution is -2.42. The van der Waals surface area contributed by atoms with Gasteiger partial charge in [-0.1, -0.05) is 62.8 Å². The third-order valence-corrected chi connectivity index (χ3v) is 4.24. The summed E-state index contributed by atoms with van der Waals surface area (Å²) in [4.78, 5) is 2.51. The normalized spacial score (nSPS) is 20.4. The second-order valence-corrected chi connectivity index (χ2v) is 6.94. The Bertz CT molecular complexity index is 454. The largest absolute Gasteiger partial charge is 0.326 e. The maximum absolute atomic E-state index is 6.26. The van der Waals surface area contributed by atoms with Gasteiger partial charge in [0.05, 0.1) is 0 Å². The molecule has 0 bridgehead atoms. The van der Waals surface area contributed by atoms with Crippen LogP contribution in [0.15, 0.2) is 42.0 Å². The van der Waals surface area contributed by atoms with Crippen molar-refractivity contribution in [2.24, 2.45) is 11.1 Å². The highest BCUT2D eigenvalue weighted by Gasteiger charge is 2.27. The fourth-order valence-electron chi connectivity index (χ4n) is 3.12. The first-order valence-corrected chi connectivity index (χ1v) is 7.63. The molecule has 0 aliphatic carbocycles. The van der Waals surface area contributed by atoms with Gasteiger partial charge in [0.1, 0.15) is 0 Å². The molecule has 2 atom stereocenters. The van der Waals surface area contributed by atoms with E-state index < -0.39 is 0 Å². The van der Waals surface area contributed by atoms with Gasteiger partial charge in [-0.05, 0) is 24.3 Å². The SMILES string of the molecule is CC(N)C(c1ccccc1)N1CC=C(C(C)(C)C)CC1. The molecule has 2 nitrogen and oxygen atoms in total. The standard InChI is InChI=1S/C18H28N2/c1-14(19)17(15-8-6-5-7-9-15)20-12-10-16(11-13-20)18(2,3)4/h5-10,14,17H,11-13,19H2,1-4H3. The summed E-state index contributed by atoms with van der Waals surface area (Å²) in [5, 5.41) is 0. The first-order chi connectivity index (χ1) is 9.39. The molecule has 1 aliphatic rings. The van der Waals surface area contributed by atoms with Gasteiger partial charge in [0.15, 0.2) is 0 Å². The molecule has 0 fully saturated rings. The molecule has 1 heterocycles. The molecule has 0 saturated carbocycles. The van der Waals surface area contributed by atoms with Gasteiger partial charge in [0, 0.05) is 25.2 Å². The minimum Gasteiger partial charge on any atom is -0.326 e. The van der Waals surface area contributed by atoms with Gasteiger partial charge in [0.25, 0.3) is 0 Å². The second kappa shape index (κ2) is 6.11. The van der Waals surface area contributed by atoms with Crippen molar-refractivity contribution >= 4 is 0 Å². The number of hydrogen-bond acceptors (Lipinski definition) is 2. The van der Waals surface area contributed by atoms with Crippen molar-refractivity contribution in [2.45, 2.75) is 46.2 Å². The summed E-state index contributed by atoms with van der Waals surface area (Å²) in [6.45, 7) is 11.1. The van der Waals surface area contributed by atoms with Crippen LogP contribution in [0.3, 0.4) is 0 Å². The van der Waals surface area contributed by atoms with Crippen LogP contribution in [-0.4, -0.2) is 24.0 Å². The van der Waals surface area contributed by atoms with Gasteiger partial charge < -0.3 is 5.73 Å². The smallest absolute Gasteiger partial charge is 0.0499 e. The van der Waals surface area contributed by atoms with E-state index in [0.29, 0.717) is 11.5 Å². The summed E-state index contributed by atoms with van der Waals surface area (Å²) < 4.78 is 0.